The molecule has 7 heteroatoms. The molecule has 0 aromatic heterocycles. The van der Waals surface area contributed by atoms with Gasteiger partial charge in [0.15, 0.2) is 6.61 Å². The highest BCUT2D eigenvalue weighted by Crippen LogP contribution is 2.21. The Kier molecular flexibility index (Phi) is 7.65. The van der Waals surface area contributed by atoms with Gasteiger partial charge in [-0.05, 0) is 44.0 Å². The Bertz CT molecular complexity index is 931. The molecule has 0 aliphatic heterocycles. The van der Waals surface area contributed by atoms with Gasteiger partial charge in [0.25, 0.3) is 5.91 Å². The third-order valence-electron chi connectivity index (χ3n) is 4.04. The number of nitrogens with one attached hydrogen (secondary N) is 2. The number of hydrogen-bond donors (Lipinski definition) is 2. The predicted octanol–water partition coefficient (Wildman–Crippen LogP) is 3.06. The molecule has 0 bridgehead atoms. The zero-order chi connectivity index (χ0) is 21.4. The molecule has 0 saturated heterocycles. The van der Waals surface area contributed by atoms with E-state index in [-0.39, 0.29) is 18.0 Å². The van der Waals surface area contributed by atoms with Crippen LogP contribution in [0.15, 0.2) is 42.5 Å². The zero-order valence-electron chi connectivity index (χ0n) is 16.5. The summed E-state index contributed by atoms with van der Waals surface area (Å²) < 4.78 is 18.2. The minimum Gasteiger partial charge on any atom is -0.452 e. The molecule has 0 aliphatic carbocycles. The van der Waals surface area contributed by atoms with Crippen molar-refractivity contribution < 1.29 is 23.5 Å². The fourth-order valence-electron chi connectivity index (χ4n) is 2.74. The van der Waals surface area contributed by atoms with Crippen LogP contribution in [0.2, 0.25) is 0 Å². The summed E-state index contributed by atoms with van der Waals surface area (Å²) in [5.41, 5.74) is 3.89. The number of anilines is 1. The first-order valence-electron chi connectivity index (χ1n) is 9.00. The summed E-state index contributed by atoms with van der Waals surface area (Å²) in [4.78, 5) is 35.4. The normalized spacial score (nSPS) is 10.6. The molecule has 0 atom stereocenters. The number of carbonyl (C=O) groups excluding carboxylic acids is 3. The van der Waals surface area contributed by atoms with E-state index in [2.05, 4.69) is 10.6 Å². The number of carbonyl (C=O) groups is 3. The maximum Gasteiger partial charge on any atom is 0.331 e. The van der Waals surface area contributed by atoms with Crippen molar-refractivity contribution in [2.45, 2.75) is 20.8 Å². The van der Waals surface area contributed by atoms with Crippen LogP contribution in [0.5, 0.6) is 0 Å². The first-order valence-corrected chi connectivity index (χ1v) is 9.00. The number of ether oxygens (including phenoxy) is 1. The van der Waals surface area contributed by atoms with E-state index in [0.717, 1.165) is 22.8 Å². The van der Waals surface area contributed by atoms with Crippen LogP contribution in [0.1, 0.15) is 22.3 Å². The van der Waals surface area contributed by atoms with Crippen LogP contribution in [0.3, 0.4) is 0 Å². The third-order valence-corrected chi connectivity index (χ3v) is 4.04. The van der Waals surface area contributed by atoms with Crippen LogP contribution >= 0.6 is 0 Å². The Hall–Kier alpha value is -3.48. The van der Waals surface area contributed by atoms with Gasteiger partial charge in [0.2, 0.25) is 5.91 Å². The first-order chi connectivity index (χ1) is 13.8. The second-order valence-corrected chi connectivity index (χ2v) is 6.56. The molecule has 2 rings (SSSR count). The van der Waals surface area contributed by atoms with Gasteiger partial charge in [-0.3, -0.25) is 9.59 Å². The van der Waals surface area contributed by atoms with Gasteiger partial charge < -0.3 is 15.4 Å². The van der Waals surface area contributed by atoms with E-state index in [0.29, 0.717) is 5.69 Å². The van der Waals surface area contributed by atoms with E-state index in [9.17, 15) is 18.8 Å². The number of aryl methyl sites for hydroxylation is 3. The Morgan fingerprint density at radius 3 is 2.34 bits per heavy atom. The van der Waals surface area contributed by atoms with Crippen molar-refractivity contribution in [1.82, 2.24) is 5.32 Å². The summed E-state index contributed by atoms with van der Waals surface area (Å²) in [5.74, 6) is -2.28. The molecule has 2 amide bonds. The maximum absolute atomic E-state index is 13.5. The fraction of sp³-hybridized carbons (Fsp3) is 0.227. The quantitative estimate of drug-likeness (QED) is 0.555. The van der Waals surface area contributed by atoms with E-state index in [4.69, 9.17) is 4.74 Å². The number of esters is 1. The minimum atomic E-state index is -0.793. The van der Waals surface area contributed by atoms with Crippen LogP contribution in [0, 0.1) is 26.6 Å². The summed E-state index contributed by atoms with van der Waals surface area (Å²) in [5, 5.41) is 5.14. The van der Waals surface area contributed by atoms with Crippen molar-refractivity contribution in [2.75, 3.05) is 18.5 Å². The van der Waals surface area contributed by atoms with E-state index < -0.39 is 24.3 Å². The van der Waals surface area contributed by atoms with Crippen molar-refractivity contribution in [3.05, 3.63) is 70.5 Å². The predicted molar refractivity (Wildman–Crippen MR) is 109 cm³/mol. The molecule has 0 spiro atoms. The van der Waals surface area contributed by atoms with E-state index >= 15 is 0 Å². The lowest BCUT2D eigenvalue weighted by molar-refractivity contribution is -0.143. The Morgan fingerprint density at radius 2 is 1.69 bits per heavy atom. The summed E-state index contributed by atoms with van der Waals surface area (Å²) >= 11 is 0. The van der Waals surface area contributed by atoms with Crippen molar-refractivity contribution in [3.8, 4) is 0 Å². The molecule has 0 heterocycles. The lowest BCUT2D eigenvalue weighted by Gasteiger charge is -2.13. The fourth-order valence-corrected chi connectivity index (χ4v) is 2.74. The van der Waals surface area contributed by atoms with Gasteiger partial charge in [0.1, 0.15) is 5.82 Å². The monoisotopic (exact) mass is 398 g/mol. The van der Waals surface area contributed by atoms with E-state index in [1.54, 1.807) is 6.07 Å². The molecule has 6 nitrogen and oxygen atoms in total. The third kappa shape index (κ3) is 6.88. The molecule has 29 heavy (non-hydrogen) atoms. The molecular formula is C22H23FN2O4. The van der Waals surface area contributed by atoms with Gasteiger partial charge in [0.05, 0.1) is 6.54 Å². The highest BCUT2D eigenvalue weighted by atomic mass is 19.1. The first kappa shape index (κ1) is 21.8. The average molecular weight is 398 g/mol. The van der Waals surface area contributed by atoms with Crippen molar-refractivity contribution in [3.63, 3.8) is 0 Å². The van der Waals surface area contributed by atoms with E-state index in [1.807, 2.05) is 32.9 Å². The average Bonchev–Trinajstić information content (AvgIpc) is 2.66. The highest BCUT2D eigenvalue weighted by Gasteiger charge is 2.11. The van der Waals surface area contributed by atoms with Gasteiger partial charge >= 0.3 is 5.97 Å². The standard InChI is InChI=1S/C22H23FN2O4/c1-14-10-15(2)22(16(3)11-14)25-19(26)12-24-20(27)13-29-21(28)9-8-17-6-4-5-7-18(17)23/h4-11H,12-13H2,1-3H3,(H,24,27)(H,25,26)/b9-8+. The zero-order valence-corrected chi connectivity index (χ0v) is 16.5. The second-order valence-electron chi connectivity index (χ2n) is 6.56. The summed E-state index contributed by atoms with van der Waals surface area (Å²) in [6.07, 6.45) is 2.29. The highest BCUT2D eigenvalue weighted by molar-refractivity contribution is 5.96. The minimum absolute atomic E-state index is 0.229. The Balaban J connectivity index is 1.76. The smallest absolute Gasteiger partial charge is 0.331 e. The van der Waals surface area contributed by atoms with E-state index in [1.165, 1.54) is 24.3 Å². The molecule has 0 aliphatic rings. The van der Waals surface area contributed by atoms with Gasteiger partial charge in [-0.25, -0.2) is 9.18 Å². The van der Waals surface area contributed by atoms with Gasteiger partial charge in [-0.2, -0.15) is 0 Å². The van der Waals surface area contributed by atoms with Gasteiger partial charge in [-0.15, -0.1) is 0 Å². The van der Waals surface area contributed by atoms with Crippen molar-refractivity contribution in [1.29, 1.82) is 0 Å². The molecule has 2 aromatic carbocycles. The van der Waals surface area contributed by atoms with Crippen molar-refractivity contribution >= 4 is 29.5 Å². The molecular weight excluding hydrogens is 375 g/mol. The second kappa shape index (κ2) is 10.2. The van der Waals surface area contributed by atoms with Crippen LogP contribution < -0.4 is 10.6 Å². The maximum atomic E-state index is 13.5. The number of rotatable bonds is 7. The molecule has 0 radical (unpaired) electrons. The molecule has 152 valence electrons. The molecule has 2 aromatic rings. The molecule has 2 N–H and O–H groups in total. The molecule has 0 unspecified atom stereocenters. The summed E-state index contributed by atoms with van der Waals surface area (Å²) in [6.45, 7) is 4.95. The van der Waals surface area contributed by atoms with Gasteiger partial charge in [-0.1, -0.05) is 35.9 Å². The molecule has 0 fully saturated rings. The SMILES string of the molecule is Cc1cc(C)c(NC(=O)CNC(=O)COC(=O)/C=C/c2ccccc2F)c(C)c1. The summed E-state index contributed by atoms with van der Waals surface area (Å²) in [7, 11) is 0. The number of hydrogen-bond acceptors (Lipinski definition) is 4. The number of halogens is 1. The summed E-state index contributed by atoms with van der Waals surface area (Å²) in [6, 6.07) is 9.84. The van der Waals surface area contributed by atoms with Crippen LogP contribution in [0.4, 0.5) is 10.1 Å². The van der Waals surface area contributed by atoms with Gasteiger partial charge in [0, 0.05) is 17.3 Å². The topological polar surface area (TPSA) is 84.5 Å². The lowest BCUT2D eigenvalue weighted by atomic mass is 10.1. The van der Waals surface area contributed by atoms with Crippen LogP contribution in [-0.2, 0) is 19.1 Å². The largest absolute Gasteiger partial charge is 0.452 e. The van der Waals surface area contributed by atoms with Crippen molar-refractivity contribution in [2.24, 2.45) is 0 Å². The van der Waals surface area contributed by atoms with Crippen LogP contribution in [-0.4, -0.2) is 30.9 Å². The Labute approximate surface area is 168 Å². The van der Waals surface area contributed by atoms with Crippen LogP contribution in [0.25, 0.3) is 6.08 Å². The Morgan fingerprint density at radius 1 is 1.03 bits per heavy atom. The number of benzene rings is 2. The molecule has 0 saturated carbocycles. The number of amides is 2. The lowest BCUT2D eigenvalue weighted by Crippen LogP contribution is -2.35.